The fraction of sp³-hybridized carbons (Fsp3) is 0.872. The molecule has 0 radical (unpaired) electrons. The van der Waals surface area contributed by atoms with Crippen LogP contribution < -0.4 is 5.32 Å². The van der Waals surface area contributed by atoms with E-state index in [1.165, 1.54) is 75.4 Å². The van der Waals surface area contributed by atoms with Gasteiger partial charge in [-0.05, 0) is 134 Å². The molecule has 0 bridgehead atoms. The van der Waals surface area contributed by atoms with Crippen molar-refractivity contribution in [2.24, 2.45) is 51.2 Å². The highest BCUT2D eigenvalue weighted by Crippen LogP contribution is 2.76. The zero-order valence-electron chi connectivity index (χ0n) is 29.5. The standard InChI is InChI=1S/C39H62N2O4S/c1-35(2)29(27-8-10-28(11-9-27)34(42)43)14-17-36(3)32(35)15-18-38(5)33(36)13-12-30-31-7-6-16-39(31,20-19-37(30,38)4)40-21-22-41-23-25-46(44,45)26-24-41/h8,14,28,30-33,40H,6-7,9-13,15-26H2,1-5H3,(H,42,43)/t28?,30?,31-,32?,33?,36?,37-,38?,39?/m1/s1. The van der Waals surface area contributed by atoms with Crippen molar-refractivity contribution >= 4 is 15.8 Å². The van der Waals surface area contributed by atoms with E-state index in [0.29, 0.717) is 53.2 Å². The van der Waals surface area contributed by atoms with Gasteiger partial charge >= 0.3 is 5.97 Å². The number of rotatable bonds is 6. The summed E-state index contributed by atoms with van der Waals surface area (Å²) in [7, 11) is -2.83. The van der Waals surface area contributed by atoms with Crippen LogP contribution in [-0.2, 0) is 14.6 Å². The third-order valence-electron chi connectivity index (χ3n) is 16.4. The summed E-state index contributed by atoms with van der Waals surface area (Å²) < 4.78 is 23.9. The summed E-state index contributed by atoms with van der Waals surface area (Å²) in [5.41, 5.74) is 4.39. The first-order valence-corrected chi connectivity index (χ1v) is 20.8. The van der Waals surface area contributed by atoms with E-state index >= 15 is 0 Å². The lowest BCUT2D eigenvalue weighted by Gasteiger charge is -2.72. The van der Waals surface area contributed by atoms with E-state index in [9.17, 15) is 18.3 Å². The van der Waals surface area contributed by atoms with Crippen molar-refractivity contribution in [3.8, 4) is 0 Å². The molecule has 258 valence electrons. The van der Waals surface area contributed by atoms with E-state index < -0.39 is 15.8 Å². The Morgan fingerprint density at radius 3 is 2.35 bits per heavy atom. The number of carboxylic acids is 1. The Kier molecular flexibility index (Phi) is 8.28. The Morgan fingerprint density at radius 1 is 0.891 bits per heavy atom. The molecule has 6 nitrogen and oxygen atoms in total. The van der Waals surface area contributed by atoms with Crippen LogP contribution in [0.2, 0.25) is 0 Å². The smallest absolute Gasteiger partial charge is 0.306 e. The highest BCUT2D eigenvalue weighted by molar-refractivity contribution is 7.91. The number of sulfone groups is 1. The van der Waals surface area contributed by atoms with Crippen LogP contribution in [0.5, 0.6) is 0 Å². The average molecular weight is 655 g/mol. The topological polar surface area (TPSA) is 86.7 Å². The van der Waals surface area contributed by atoms with E-state index in [1.54, 1.807) is 0 Å². The molecule has 1 heterocycles. The first kappa shape index (κ1) is 33.3. The third kappa shape index (κ3) is 5.05. The molecule has 7 rings (SSSR count). The van der Waals surface area contributed by atoms with E-state index in [2.05, 4.69) is 57.0 Å². The molecule has 0 spiro atoms. The first-order valence-electron chi connectivity index (χ1n) is 19.0. The molecule has 1 saturated heterocycles. The zero-order chi connectivity index (χ0) is 32.8. The molecule has 0 aromatic heterocycles. The predicted molar refractivity (Wildman–Crippen MR) is 185 cm³/mol. The van der Waals surface area contributed by atoms with E-state index in [0.717, 1.165) is 43.7 Å². The SMILES string of the molecule is CC1(C)C(C2=CCC(C(=O)O)CC2)=CCC2(C)C1CCC1(C)C2CCC2[C@H]3CCCC3(NCCN3CCS(=O)(=O)CC3)CC[C@]21C. The van der Waals surface area contributed by atoms with Gasteiger partial charge in [-0.3, -0.25) is 4.79 Å². The molecule has 9 atom stereocenters. The number of nitrogens with one attached hydrogen (secondary N) is 1. The first-order chi connectivity index (χ1) is 21.7. The van der Waals surface area contributed by atoms with Crippen molar-refractivity contribution in [1.82, 2.24) is 10.2 Å². The highest BCUT2D eigenvalue weighted by Gasteiger charge is 2.69. The minimum atomic E-state index is -2.83. The number of nitrogens with zero attached hydrogens (tertiary/aromatic N) is 1. The van der Waals surface area contributed by atoms with Gasteiger partial charge in [0, 0.05) is 31.7 Å². The second-order valence-electron chi connectivity index (χ2n) is 18.3. The summed E-state index contributed by atoms with van der Waals surface area (Å²) in [6.07, 6.45) is 20.5. The van der Waals surface area contributed by atoms with Crippen molar-refractivity contribution in [2.45, 2.75) is 124 Å². The number of hydrogen-bond donors (Lipinski definition) is 2. The molecule has 2 N–H and O–H groups in total. The Bertz CT molecular complexity index is 1390. The number of carbonyl (C=O) groups is 1. The van der Waals surface area contributed by atoms with Crippen LogP contribution in [0.4, 0.5) is 0 Å². The van der Waals surface area contributed by atoms with Crippen LogP contribution in [0.1, 0.15) is 118 Å². The fourth-order valence-corrected chi connectivity index (χ4v) is 15.0. The average Bonchev–Trinajstić information content (AvgIpc) is 3.42. The second kappa shape index (κ2) is 11.4. The van der Waals surface area contributed by atoms with E-state index in [-0.39, 0.29) is 16.9 Å². The third-order valence-corrected chi connectivity index (χ3v) is 18.0. The zero-order valence-corrected chi connectivity index (χ0v) is 30.3. The van der Waals surface area contributed by atoms with Gasteiger partial charge in [0.25, 0.3) is 0 Å². The maximum absolute atomic E-state index is 11.9. The van der Waals surface area contributed by atoms with Crippen LogP contribution in [0.25, 0.3) is 0 Å². The number of carboxylic acid groups (broad SMARTS) is 1. The quantitative estimate of drug-likeness (QED) is 0.314. The number of fused-ring (bicyclic) bond motifs is 7. The summed E-state index contributed by atoms with van der Waals surface area (Å²) in [5, 5.41) is 13.7. The van der Waals surface area contributed by atoms with Gasteiger partial charge in [-0.1, -0.05) is 53.2 Å². The Morgan fingerprint density at radius 2 is 1.65 bits per heavy atom. The van der Waals surface area contributed by atoms with Gasteiger partial charge in [-0.15, -0.1) is 0 Å². The molecule has 1 aliphatic heterocycles. The molecule has 46 heavy (non-hydrogen) atoms. The van der Waals surface area contributed by atoms with Gasteiger partial charge in [-0.2, -0.15) is 0 Å². The molecule has 0 amide bonds. The molecule has 5 fully saturated rings. The predicted octanol–water partition coefficient (Wildman–Crippen LogP) is 7.26. The van der Waals surface area contributed by atoms with Crippen LogP contribution in [-0.4, -0.2) is 67.6 Å². The maximum Gasteiger partial charge on any atom is 0.306 e. The van der Waals surface area contributed by atoms with Crippen LogP contribution >= 0.6 is 0 Å². The Labute approximate surface area is 279 Å². The summed E-state index contributed by atoms with van der Waals surface area (Å²) in [6, 6.07) is 0. The molecular formula is C39H62N2O4S. The van der Waals surface area contributed by atoms with Gasteiger partial charge in [-0.25, -0.2) is 8.42 Å². The van der Waals surface area contributed by atoms with Gasteiger partial charge < -0.3 is 15.3 Å². The van der Waals surface area contributed by atoms with Crippen LogP contribution in [0.3, 0.4) is 0 Å². The normalized spacial score (nSPS) is 46.6. The monoisotopic (exact) mass is 654 g/mol. The Hall–Kier alpha value is -1.18. The van der Waals surface area contributed by atoms with E-state index in [4.69, 9.17) is 0 Å². The highest BCUT2D eigenvalue weighted by atomic mass is 32.2. The lowest BCUT2D eigenvalue weighted by molar-refractivity contribution is -0.218. The van der Waals surface area contributed by atoms with Crippen molar-refractivity contribution in [2.75, 3.05) is 37.7 Å². The van der Waals surface area contributed by atoms with Crippen molar-refractivity contribution < 1.29 is 18.3 Å². The van der Waals surface area contributed by atoms with Crippen molar-refractivity contribution in [3.63, 3.8) is 0 Å². The molecule has 7 unspecified atom stereocenters. The number of allylic oxidation sites excluding steroid dienone is 4. The van der Waals surface area contributed by atoms with E-state index in [1.807, 2.05) is 0 Å². The largest absolute Gasteiger partial charge is 0.481 e. The van der Waals surface area contributed by atoms with Crippen molar-refractivity contribution in [3.05, 3.63) is 23.3 Å². The maximum atomic E-state index is 11.9. The summed E-state index contributed by atoms with van der Waals surface area (Å²) in [5.74, 6) is 2.74. The molecule has 0 aromatic rings. The van der Waals surface area contributed by atoms with Gasteiger partial charge in [0.1, 0.15) is 0 Å². The van der Waals surface area contributed by atoms with Crippen LogP contribution in [0.15, 0.2) is 23.3 Å². The Balaban J connectivity index is 1.09. The lowest BCUT2D eigenvalue weighted by atomic mass is 9.33. The summed E-state index contributed by atoms with van der Waals surface area (Å²) in [4.78, 5) is 14.0. The molecule has 7 aliphatic rings. The molecule has 4 saturated carbocycles. The molecule has 6 aliphatic carbocycles. The fourth-order valence-electron chi connectivity index (χ4n) is 13.8. The summed E-state index contributed by atoms with van der Waals surface area (Å²) >= 11 is 0. The molecular weight excluding hydrogens is 593 g/mol. The minimum absolute atomic E-state index is 0.115. The minimum Gasteiger partial charge on any atom is -0.481 e. The van der Waals surface area contributed by atoms with Gasteiger partial charge in [0.2, 0.25) is 0 Å². The lowest BCUT2D eigenvalue weighted by Crippen LogP contribution is -2.67. The number of hydrogen-bond acceptors (Lipinski definition) is 5. The van der Waals surface area contributed by atoms with Gasteiger partial charge in [0.05, 0.1) is 17.4 Å². The molecule has 0 aromatic carbocycles. The van der Waals surface area contributed by atoms with Gasteiger partial charge in [0.15, 0.2) is 9.84 Å². The van der Waals surface area contributed by atoms with Crippen molar-refractivity contribution in [1.29, 1.82) is 0 Å². The second-order valence-corrected chi connectivity index (χ2v) is 20.6. The summed E-state index contributed by atoms with van der Waals surface area (Å²) in [6.45, 7) is 16.5. The molecule has 7 heteroatoms. The van der Waals surface area contributed by atoms with Crippen LogP contribution in [0, 0.1) is 51.2 Å². The number of aliphatic carboxylic acids is 1.